The van der Waals surface area contributed by atoms with Crippen molar-refractivity contribution in [3.05, 3.63) is 41.7 Å². The summed E-state index contributed by atoms with van der Waals surface area (Å²) in [5.74, 6) is 1.14. The van der Waals surface area contributed by atoms with Crippen LogP contribution in [0.5, 0.6) is 0 Å². The molecule has 3 N–H and O–H groups in total. The first-order valence-electron chi connectivity index (χ1n) is 6.45. The summed E-state index contributed by atoms with van der Waals surface area (Å²) in [5, 5.41) is 20.5. The Morgan fingerprint density at radius 1 is 1.16 bits per heavy atom. The van der Waals surface area contributed by atoms with Gasteiger partial charge in [-0.15, -0.1) is 5.10 Å². The first-order chi connectivity index (χ1) is 9.34. The molecule has 0 bridgehead atoms. The van der Waals surface area contributed by atoms with Crippen LogP contribution in [0.2, 0.25) is 0 Å². The summed E-state index contributed by atoms with van der Waals surface area (Å²) < 4.78 is 0. The highest BCUT2D eigenvalue weighted by Crippen LogP contribution is 2.20. The van der Waals surface area contributed by atoms with E-state index < -0.39 is 6.10 Å². The molecule has 6 nitrogen and oxygen atoms in total. The Balaban J connectivity index is 1.77. The molecule has 1 unspecified atom stereocenters. The fourth-order valence-corrected chi connectivity index (χ4v) is 2.19. The quantitative estimate of drug-likeness (QED) is 0.739. The summed E-state index contributed by atoms with van der Waals surface area (Å²) in [6, 6.07) is 9.45. The van der Waals surface area contributed by atoms with Gasteiger partial charge in [-0.3, -0.25) is 5.10 Å². The van der Waals surface area contributed by atoms with Crippen molar-refractivity contribution in [2.24, 2.45) is 0 Å². The molecule has 0 spiro atoms. The summed E-state index contributed by atoms with van der Waals surface area (Å²) in [6.45, 7) is 3.65. The molecule has 2 aromatic rings. The summed E-state index contributed by atoms with van der Waals surface area (Å²) >= 11 is 0. The number of aromatic amines is 1. The average Bonchev–Trinajstić information content (AvgIpc) is 2.98. The van der Waals surface area contributed by atoms with Crippen molar-refractivity contribution < 1.29 is 5.11 Å². The summed E-state index contributed by atoms with van der Waals surface area (Å²) in [7, 11) is 0. The number of nitrogens with one attached hydrogen (secondary N) is 2. The van der Waals surface area contributed by atoms with Crippen molar-refractivity contribution in [1.82, 2.24) is 20.5 Å². The normalized spacial score (nSPS) is 17.4. The zero-order chi connectivity index (χ0) is 13.1. The van der Waals surface area contributed by atoms with Crippen LogP contribution in [0.3, 0.4) is 0 Å². The maximum atomic E-state index is 10.2. The molecule has 19 heavy (non-hydrogen) atoms. The number of H-pyrrole nitrogens is 1. The standard InChI is InChI=1S/C13H17N5O/c19-11(10-4-2-1-3-5-10)12-15-13(17-16-12)18-8-6-14-7-9-18/h1-5,11,14,19H,6-9H2,(H,15,16,17). The van der Waals surface area contributed by atoms with Crippen molar-refractivity contribution in [3.63, 3.8) is 0 Å². The van der Waals surface area contributed by atoms with Crippen molar-refractivity contribution in [2.45, 2.75) is 6.10 Å². The lowest BCUT2D eigenvalue weighted by Gasteiger charge is -2.25. The van der Waals surface area contributed by atoms with Gasteiger partial charge in [0.15, 0.2) is 5.82 Å². The number of piperazine rings is 1. The number of rotatable bonds is 3. The van der Waals surface area contributed by atoms with E-state index in [1.54, 1.807) is 0 Å². The summed E-state index contributed by atoms with van der Waals surface area (Å²) in [6.07, 6.45) is -0.759. The van der Waals surface area contributed by atoms with Crippen LogP contribution >= 0.6 is 0 Å². The van der Waals surface area contributed by atoms with Gasteiger partial charge in [-0.25, -0.2) is 0 Å². The largest absolute Gasteiger partial charge is 0.380 e. The maximum Gasteiger partial charge on any atom is 0.244 e. The highest BCUT2D eigenvalue weighted by molar-refractivity contribution is 5.31. The van der Waals surface area contributed by atoms with E-state index in [-0.39, 0.29) is 0 Å². The molecule has 1 atom stereocenters. The Hall–Kier alpha value is -1.92. The highest BCUT2D eigenvalue weighted by Gasteiger charge is 2.19. The van der Waals surface area contributed by atoms with Gasteiger partial charge in [-0.2, -0.15) is 4.98 Å². The minimum absolute atomic E-state index is 0.486. The van der Waals surface area contributed by atoms with E-state index in [2.05, 4.69) is 25.4 Å². The third-order valence-electron chi connectivity index (χ3n) is 3.27. The molecule has 1 aromatic carbocycles. The van der Waals surface area contributed by atoms with Gasteiger partial charge in [-0.1, -0.05) is 30.3 Å². The van der Waals surface area contributed by atoms with Crippen LogP contribution in [0, 0.1) is 0 Å². The molecule has 1 aliphatic heterocycles. The van der Waals surface area contributed by atoms with E-state index in [0.29, 0.717) is 11.8 Å². The fourth-order valence-electron chi connectivity index (χ4n) is 2.19. The molecule has 1 fully saturated rings. The second kappa shape index (κ2) is 5.38. The lowest BCUT2D eigenvalue weighted by Crippen LogP contribution is -2.44. The summed E-state index contributed by atoms with van der Waals surface area (Å²) in [4.78, 5) is 6.50. The Kier molecular flexibility index (Phi) is 3.43. The van der Waals surface area contributed by atoms with Crippen LogP contribution in [-0.2, 0) is 0 Å². The van der Waals surface area contributed by atoms with Gasteiger partial charge in [0.25, 0.3) is 0 Å². The van der Waals surface area contributed by atoms with E-state index in [1.165, 1.54) is 0 Å². The number of nitrogens with zero attached hydrogens (tertiary/aromatic N) is 3. The summed E-state index contributed by atoms with van der Waals surface area (Å²) in [5.41, 5.74) is 0.811. The third kappa shape index (κ3) is 2.59. The first kappa shape index (κ1) is 12.1. The second-order valence-corrected chi connectivity index (χ2v) is 4.57. The molecule has 1 saturated heterocycles. The average molecular weight is 259 g/mol. The predicted molar refractivity (Wildman–Crippen MR) is 72.0 cm³/mol. The van der Waals surface area contributed by atoms with E-state index in [0.717, 1.165) is 31.7 Å². The molecule has 0 radical (unpaired) electrons. The third-order valence-corrected chi connectivity index (χ3v) is 3.27. The van der Waals surface area contributed by atoms with Crippen LogP contribution in [-0.4, -0.2) is 46.5 Å². The van der Waals surface area contributed by atoms with Crippen LogP contribution in [0.4, 0.5) is 5.95 Å². The molecule has 0 saturated carbocycles. The van der Waals surface area contributed by atoms with Crippen LogP contribution < -0.4 is 10.2 Å². The molecule has 100 valence electrons. The number of hydrogen-bond acceptors (Lipinski definition) is 5. The smallest absolute Gasteiger partial charge is 0.244 e. The molecule has 1 aromatic heterocycles. The number of aliphatic hydroxyl groups excluding tert-OH is 1. The molecule has 6 heteroatoms. The Bertz CT molecular complexity index is 521. The minimum atomic E-state index is -0.759. The molecule has 2 heterocycles. The zero-order valence-electron chi connectivity index (χ0n) is 10.6. The molecule has 1 aliphatic rings. The number of aliphatic hydroxyl groups is 1. The molecule has 3 rings (SSSR count). The fraction of sp³-hybridized carbons (Fsp3) is 0.385. The monoisotopic (exact) mass is 259 g/mol. The molecule has 0 amide bonds. The first-order valence-corrected chi connectivity index (χ1v) is 6.45. The Morgan fingerprint density at radius 2 is 1.89 bits per heavy atom. The van der Waals surface area contributed by atoms with Crippen molar-refractivity contribution in [1.29, 1.82) is 0 Å². The number of aromatic nitrogens is 3. The second-order valence-electron chi connectivity index (χ2n) is 4.57. The van der Waals surface area contributed by atoms with Crippen molar-refractivity contribution in [3.8, 4) is 0 Å². The van der Waals surface area contributed by atoms with Gasteiger partial charge in [0.1, 0.15) is 6.10 Å². The van der Waals surface area contributed by atoms with Gasteiger partial charge in [0.05, 0.1) is 0 Å². The predicted octanol–water partition coefficient (Wildman–Crippen LogP) is 0.296. The van der Waals surface area contributed by atoms with Gasteiger partial charge in [0, 0.05) is 26.2 Å². The van der Waals surface area contributed by atoms with Crippen LogP contribution in [0.15, 0.2) is 30.3 Å². The highest BCUT2D eigenvalue weighted by atomic mass is 16.3. The van der Waals surface area contributed by atoms with Crippen molar-refractivity contribution >= 4 is 5.95 Å². The molecular formula is C13H17N5O. The minimum Gasteiger partial charge on any atom is -0.380 e. The lowest BCUT2D eigenvalue weighted by atomic mass is 10.1. The van der Waals surface area contributed by atoms with Crippen LogP contribution in [0.1, 0.15) is 17.5 Å². The number of benzene rings is 1. The number of anilines is 1. The molecule has 0 aliphatic carbocycles. The number of hydrogen-bond donors (Lipinski definition) is 3. The van der Waals surface area contributed by atoms with Gasteiger partial charge in [-0.05, 0) is 5.56 Å². The van der Waals surface area contributed by atoms with Gasteiger partial charge >= 0.3 is 0 Å². The van der Waals surface area contributed by atoms with E-state index in [4.69, 9.17) is 0 Å². The molecular weight excluding hydrogens is 242 g/mol. The maximum absolute atomic E-state index is 10.2. The van der Waals surface area contributed by atoms with Crippen molar-refractivity contribution in [2.75, 3.05) is 31.1 Å². The van der Waals surface area contributed by atoms with E-state index in [1.807, 2.05) is 30.3 Å². The zero-order valence-corrected chi connectivity index (χ0v) is 10.6. The SMILES string of the molecule is OC(c1ccccc1)c1nc(N2CCNCC2)n[nH]1. The van der Waals surface area contributed by atoms with Gasteiger partial charge < -0.3 is 15.3 Å². The lowest BCUT2D eigenvalue weighted by molar-refractivity contribution is 0.210. The Labute approximate surface area is 111 Å². The van der Waals surface area contributed by atoms with Crippen LogP contribution in [0.25, 0.3) is 0 Å². The van der Waals surface area contributed by atoms with E-state index in [9.17, 15) is 5.11 Å². The topological polar surface area (TPSA) is 77.1 Å². The van der Waals surface area contributed by atoms with Gasteiger partial charge in [0.2, 0.25) is 5.95 Å². The van der Waals surface area contributed by atoms with E-state index >= 15 is 0 Å². The Morgan fingerprint density at radius 3 is 2.63 bits per heavy atom.